The highest BCUT2D eigenvalue weighted by molar-refractivity contribution is 6.00. The highest BCUT2D eigenvalue weighted by atomic mass is 19.1. The lowest BCUT2D eigenvalue weighted by atomic mass is 9.41. The zero-order chi connectivity index (χ0) is 32.8. The Labute approximate surface area is 269 Å². The number of hydrogen-bond acceptors (Lipinski definition) is 6. The summed E-state index contributed by atoms with van der Waals surface area (Å²) in [6, 6.07) is 8.15. The molecule has 9 rings (SSSR count). The van der Waals surface area contributed by atoms with Crippen LogP contribution in [-0.4, -0.2) is 57.9 Å². The molecule has 6 fully saturated rings. The molecule has 46 heavy (non-hydrogen) atoms. The summed E-state index contributed by atoms with van der Waals surface area (Å²) in [5.74, 6) is 0.670. The third-order valence-corrected chi connectivity index (χ3v) is 11.4. The lowest BCUT2D eigenvalue weighted by Crippen LogP contribution is -2.71. The Hall–Kier alpha value is -3.30. The predicted molar refractivity (Wildman–Crippen MR) is 170 cm³/mol. The van der Waals surface area contributed by atoms with Crippen molar-refractivity contribution >= 4 is 23.3 Å². The van der Waals surface area contributed by atoms with E-state index in [-0.39, 0.29) is 28.7 Å². The first-order valence-electron chi connectivity index (χ1n) is 16.8. The number of amides is 2. The fourth-order valence-electron chi connectivity index (χ4n) is 8.61. The molecule has 2 heterocycles. The van der Waals surface area contributed by atoms with E-state index in [1.54, 1.807) is 4.90 Å². The van der Waals surface area contributed by atoms with Gasteiger partial charge in [-0.3, -0.25) is 4.79 Å². The number of halogens is 2. The number of nitrogens with zero attached hydrogens (tertiary/aromatic N) is 4. The normalized spacial score (nSPS) is 31.9. The van der Waals surface area contributed by atoms with Gasteiger partial charge in [-0.1, -0.05) is 23.4 Å². The second-order valence-corrected chi connectivity index (χ2v) is 16.5. The van der Waals surface area contributed by atoms with E-state index in [9.17, 15) is 18.4 Å². The number of ether oxygens (including phenoxy) is 1. The smallest absolute Gasteiger partial charge is 0.410 e. The molecule has 0 radical (unpaired) electrons. The van der Waals surface area contributed by atoms with E-state index in [0.29, 0.717) is 51.1 Å². The number of hydrogen-bond donors (Lipinski definition) is 0. The van der Waals surface area contributed by atoms with Crippen LogP contribution in [0.4, 0.5) is 19.3 Å². The van der Waals surface area contributed by atoms with Crippen LogP contribution in [0.5, 0.6) is 0 Å². The van der Waals surface area contributed by atoms with Gasteiger partial charge in [-0.25, -0.2) is 13.6 Å². The first kappa shape index (κ1) is 31.3. The molecule has 1 aromatic carbocycles. The molecule has 0 unspecified atom stereocenters. The Morgan fingerprint density at radius 2 is 1.72 bits per heavy atom. The zero-order valence-corrected chi connectivity index (χ0v) is 27.8. The molecule has 10 heteroatoms. The molecule has 0 atom stereocenters. The number of carbonyl (C=O) groups is 2. The van der Waals surface area contributed by atoms with Crippen molar-refractivity contribution in [1.82, 2.24) is 15.0 Å². The van der Waals surface area contributed by atoms with E-state index in [0.717, 1.165) is 55.3 Å². The molecule has 0 spiro atoms. The summed E-state index contributed by atoms with van der Waals surface area (Å²) in [6.45, 7) is 10.1. The second kappa shape index (κ2) is 10.3. The maximum Gasteiger partial charge on any atom is 0.410 e. The van der Waals surface area contributed by atoms with Gasteiger partial charge in [-0.2, -0.15) is 4.98 Å². The molecule has 2 aromatic rings. The average Bonchev–Trinajstić information content (AvgIpc) is 3.50. The molecule has 248 valence electrons. The van der Waals surface area contributed by atoms with Gasteiger partial charge in [0.15, 0.2) is 11.5 Å². The van der Waals surface area contributed by atoms with Crippen molar-refractivity contribution in [2.75, 3.05) is 24.5 Å². The van der Waals surface area contributed by atoms with Gasteiger partial charge in [-0.05, 0) is 128 Å². The lowest BCUT2D eigenvalue weighted by molar-refractivity contribution is -0.211. The molecular weight excluding hydrogens is 590 g/mol. The monoisotopic (exact) mass is 636 g/mol. The van der Waals surface area contributed by atoms with Crippen LogP contribution >= 0.6 is 0 Å². The summed E-state index contributed by atoms with van der Waals surface area (Å²) in [5.41, 5.74) is -1.26. The maximum atomic E-state index is 14.7. The van der Waals surface area contributed by atoms with E-state index in [1.165, 1.54) is 13.8 Å². The van der Waals surface area contributed by atoms with Gasteiger partial charge in [-0.15, -0.1) is 0 Å². The summed E-state index contributed by atoms with van der Waals surface area (Å²) in [7, 11) is 0. The number of rotatable bonds is 7. The molecule has 1 aliphatic heterocycles. The van der Waals surface area contributed by atoms with Gasteiger partial charge in [0.2, 0.25) is 5.91 Å². The number of benzene rings is 1. The largest absolute Gasteiger partial charge is 0.444 e. The Balaban J connectivity index is 1.11. The van der Waals surface area contributed by atoms with E-state index in [4.69, 9.17) is 9.26 Å². The number of anilines is 1. The standard InChI is InChI=1S/C36H46F2N4O4/c1-31(2,3)45-30(44)41-17-9-24(10-18-41)25-7-6-8-26(19-25)42(29(43)35-20-36(38,21-35)22-35)23-33-11-14-34(15-12-33,16-13-33)27-39-28(46-40-27)32(4,5)37/h6-9,19H,10-18,20-23H2,1-5H3. The minimum atomic E-state index is -1.69. The Bertz CT molecular complexity index is 1540. The molecule has 1 aromatic heterocycles. The van der Waals surface area contributed by atoms with Crippen molar-refractivity contribution in [3.05, 3.63) is 47.6 Å². The summed E-state index contributed by atoms with van der Waals surface area (Å²) in [4.78, 5) is 35.1. The highest BCUT2D eigenvalue weighted by Crippen LogP contribution is 2.70. The van der Waals surface area contributed by atoms with Gasteiger partial charge >= 0.3 is 6.09 Å². The molecule has 6 aliphatic carbocycles. The maximum absolute atomic E-state index is 14.7. The Morgan fingerprint density at radius 3 is 2.26 bits per heavy atom. The Morgan fingerprint density at radius 1 is 1.04 bits per heavy atom. The summed E-state index contributed by atoms with van der Waals surface area (Å²) < 4.78 is 40.0. The van der Waals surface area contributed by atoms with Crippen molar-refractivity contribution in [2.45, 2.75) is 121 Å². The molecule has 8 nitrogen and oxygen atoms in total. The van der Waals surface area contributed by atoms with E-state index >= 15 is 0 Å². The topological polar surface area (TPSA) is 88.8 Å². The van der Waals surface area contributed by atoms with Crippen molar-refractivity contribution in [2.24, 2.45) is 10.8 Å². The molecule has 6 saturated carbocycles. The first-order chi connectivity index (χ1) is 21.5. The minimum Gasteiger partial charge on any atom is -0.444 e. The van der Waals surface area contributed by atoms with Crippen LogP contribution in [0, 0.1) is 10.8 Å². The quantitative estimate of drug-likeness (QED) is 0.308. The van der Waals surface area contributed by atoms with Gasteiger partial charge in [0, 0.05) is 30.7 Å². The van der Waals surface area contributed by atoms with Gasteiger partial charge < -0.3 is 19.1 Å². The zero-order valence-electron chi connectivity index (χ0n) is 27.8. The van der Waals surface area contributed by atoms with Crippen molar-refractivity contribution in [3.8, 4) is 0 Å². The minimum absolute atomic E-state index is 0.0192. The number of fused-ring (bicyclic) bond motifs is 3. The fraction of sp³-hybridized carbons (Fsp3) is 0.667. The van der Waals surface area contributed by atoms with Gasteiger partial charge in [0.1, 0.15) is 11.3 Å². The average molecular weight is 637 g/mol. The predicted octanol–water partition coefficient (Wildman–Crippen LogP) is 7.82. The van der Waals surface area contributed by atoms with Crippen molar-refractivity contribution < 1.29 is 27.6 Å². The summed E-state index contributed by atoms with van der Waals surface area (Å²) >= 11 is 0. The van der Waals surface area contributed by atoms with Crippen molar-refractivity contribution in [1.29, 1.82) is 0 Å². The number of aromatic nitrogens is 2. The molecule has 0 saturated heterocycles. The van der Waals surface area contributed by atoms with E-state index < -0.39 is 22.4 Å². The third-order valence-electron chi connectivity index (χ3n) is 11.4. The van der Waals surface area contributed by atoms with Crippen LogP contribution in [-0.2, 0) is 20.6 Å². The van der Waals surface area contributed by atoms with Gasteiger partial charge in [0.25, 0.3) is 5.89 Å². The highest BCUT2D eigenvalue weighted by Gasteiger charge is 2.73. The van der Waals surface area contributed by atoms with Crippen LogP contribution in [0.1, 0.15) is 116 Å². The molecule has 0 N–H and O–H groups in total. The number of carbonyl (C=O) groups excluding carboxylic acids is 2. The van der Waals surface area contributed by atoms with Crippen molar-refractivity contribution in [3.63, 3.8) is 0 Å². The molecule has 4 bridgehead atoms. The fourth-order valence-corrected chi connectivity index (χ4v) is 8.61. The van der Waals surface area contributed by atoms with Crippen LogP contribution in [0.25, 0.3) is 5.57 Å². The summed E-state index contributed by atoms with van der Waals surface area (Å²) in [5, 5.41) is 4.22. The number of alkyl halides is 2. The lowest BCUT2D eigenvalue weighted by Gasteiger charge is -2.65. The van der Waals surface area contributed by atoms with Crippen LogP contribution < -0.4 is 4.90 Å². The van der Waals surface area contributed by atoms with E-state index in [1.807, 2.05) is 37.8 Å². The van der Waals surface area contributed by atoms with Crippen LogP contribution in [0.3, 0.4) is 0 Å². The third kappa shape index (κ3) is 5.43. The SMILES string of the molecule is CC(C)(C)OC(=O)N1CC=C(c2cccc(N(CC34CCC(c5noc(C(C)(C)F)n5)(CC3)CC4)C(=O)C34CC(F)(C3)C4)c2)CC1. The van der Waals surface area contributed by atoms with E-state index in [2.05, 4.69) is 28.3 Å². The second-order valence-electron chi connectivity index (χ2n) is 16.5. The van der Waals surface area contributed by atoms with Crippen LogP contribution in [0.15, 0.2) is 34.9 Å². The molecular formula is C36H46F2N4O4. The Kier molecular flexibility index (Phi) is 7.04. The molecule has 2 amide bonds. The summed E-state index contributed by atoms with van der Waals surface area (Å²) in [6.07, 6.45) is 8.72. The van der Waals surface area contributed by atoms with Gasteiger partial charge in [0.05, 0.1) is 5.41 Å². The molecule has 7 aliphatic rings. The van der Waals surface area contributed by atoms with Crippen LogP contribution in [0.2, 0.25) is 0 Å². The first-order valence-corrected chi connectivity index (χ1v) is 16.8.